The summed E-state index contributed by atoms with van der Waals surface area (Å²) in [5.74, 6) is 0.842. The second kappa shape index (κ2) is 5.16. The zero-order valence-corrected chi connectivity index (χ0v) is 9.20. The molecule has 0 bridgehead atoms. The van der Waals surface area contributed by atoms with Gasteiger partial charge in [0.05, 0.1) is 11.6 Å². The molecule has 0 radical (unpaired) electrons. The Balaban J connectivity index is 3.06. The van der Waals surface area contributed by atoms with Crippen LogP contribution in [0.15, 0.2) is 24.8 Å². The average Bonchev–Trinajstić information content (AvgIpc) is 2.24. The first-order valence-electron chi connectivity index (χ1n) is 4.96. The van der Waals surface area contributed by atoms with Crippen LogP contribution in [0.4, 0.5) is 5.82 Å². The van der Waals surface area contributed by atoms with Gasteiger partial charge in [0, 0.05) is 18.8 Å². The molecule has 0 aliphatic rings. The van der Waals surface area contributed by atoms with Gasteiger partial charge in [-0.25, -0.2) is 4.98 Å². The Morgan fingerprint density at radius 3 is 2.87 bits per heavy atom. The summed E-state index contributed by atoms with van der Waals surface area (Å²) in [5, 5.41) is 8.85. The van der Waals surface area contributed by atoms with Crippen LogP contribution in [0, 0.1) is 18.3 Å². The largest absolute Gasteiger partial charge is 0.353 e. The molecule has 1 aromatic rings. The van der Waals surface area contributed by atoms with E-state index >= 15 is 0 Å². The average molecular weight is 201 g/mol. The third-order valence-corrected chi connectivity index (χ3v) is 2.12. The molecule has 3 nitrogen and oxygen atoms in total. The number of hydrogen-bond donors (Lipinski definition) is 0. The number of aryl methyl sites for hydroxylation is 1. The van der Waals surface area contributed by atoms with Gasteiger partial charge in [0.1, 0.15) is 5.82 Å². The fourth-order valence-corrected chi connectivity index (χ4v) is 1.42. The lowest BCUT2D eigenvalue weighted by Gasteiger charge is -2.20. The lowest BCUT2D eigenvalue weighted by molar-refractivity contribution is 0.877. The Bertz CT molecular complexity index is 390. The maximum atomic E-state index is 8.85. The van der Waals surface area contributed by atoms with E-state index in [0.717, 1.165) is 24.6 Å². The number of nitriles is 1. The van der Waals surface area contributed by atoms with Crippen LogP contribution in [0.25, 0.3) is 0 Å². The summed E-state index contributed by atoms with van der Waals surface area (Å²) >= 11 is 0. The molecule has 1 heterocycles. The number of anilines is 1. The molecule has 0 N–H and O–H groups in total. The third kappa shape index (κ3) is 2.81. The van der Waals surface area contributed by atoms with Crippen molar-refractivity contribution >= 4 is 5.82 Å². The number of rotatable bonds is 4. The van der Waals surface area contributed by atoms with Crippen LogP contribution in [0.1, 0.15) is 18.2 Å². The molecule has 0 fully saturated rings. The van der Waals surface area contributed by atoms with E-state index in [-0.39, 0.29) is 0 Å². The Labute approximate surface area is 90.7 Å². The van der Waals surface area contributed by atoms with Crippen molar-refractivity contribution in [2.45, 2.75) is 13.8 Å². The number of hydrogen-bond acceptors (Lipinski definition) is 3. The van der Waals surface area contributed by atoms with Crippen molar-refractivity contribution in [3.8, 4) is 6.07 Å². The smallest absolute Gasteiger partial charge is 0.130 e. The Hall–Kier alpha value is -1.82. The van der Waals surface area contributed by atoms with Crippen molar-refractivity contribution in [2.24, 2.45) is 0 Å². The Morgan fingerprint density at radius 2 is 2.33 bits per heavy atom. The van der Waals surface area contributed by atoms with E-state index in [1.807, 2.05) is 13.0 Å². The molecule has 0 saturated heterocycles. The normalized spacial score (nSPS) is 9.40. The summed E-state index contributed by atoms with van der Waals surface area (Å²) in [6, 6.07) is 5.73. The summed E-state index contributed by atoms with van der Waals surface area (Å²) in [5.41, 5.74) is 1.52. The molecule has 0 spiro atoms. The first-order valence-corrected chi connectivity index (χ1v) is 4.96. The Kier molecular flexibility index (Phi) is 3.87. The van der Waals surface area contributed by atoms with Gasteiger partial charge in [-0.15, -0.1) is 6.58 Å². The monoisotopic (exact) mass is 201 g/mol. The predicted molar refractivity (Wildman–Crippen MR) is 61.8 cm³/mol. The van der Waals surface area contributed by atoms with Gasteiger partial charge in [-0.2, -0.15) is 5.26 Å². The minimum atomic E-state index is 0.653. The van der Waals surface area contributed by atoms with Crippen LogP contribution >= 0.6 is 0 Å². The number of likely N-dealkylation sites (N-methyl/N-ethyl adjacent to an activating group) is 1. The number of aromatic nitrogens is 1. The molecule has 0 amide bonds. The highest BCUT2D eigenvalue weighted by atomic mass is 15.2. The molecular weight excluding hydrogens is 186 g/mol. The van der Waals surface area contributed by atoms with Crippen LogP contribution in [0.2, 0.25) is 0 Å². The van der Waals surface area contributed by atoms with E-state index in [4.69, 9.17) is 5.26 Å². The van der Waals surface area contributed by atoms with Gasteiger partial charge in [0.2, 0.25) is 0 Å². The molecule has 0 saturated carbocycles. The zero-order chi connectivity index (χ0) is 11.3. The second-order valence-corrected chi connectivity index (χ2v) is 3.29. The fourth-order valence-electron chi connectivity index (χ4n) is 1.42. The first kappa shape index (κ1) is 11.3. The quantitative estimate of drug-likeness (QED) is 0.701. The van der Waals surface area contributed by atoms with Gasteiger partial charge >= 0.3 is 0 Å². The van der Waals surface area contributed by atoms with Crippen molar-refractivity contribution in [2.75, 3.05) is 18.0 Å². The van der Waals surface area contributed by atoms with E-state index in [1.54, 1.807) is 12.1 Å². The molecule has 0 atom stereocenters. The summed E-state index contributed by atoms with van der Waals surface area (Å²) in [6.45, 7) is 9.26. The van der Waals surface area contributed by atoms with Crippen molar-refractivity contribution in [1.29, 1.82) is 5.26 Å². The fraction of sp³-hybridized carbons (Fsp3) is 0.333. The van der Waals surface area contributed by atoms with Gasteiger partial charge < -0.3 is 4.90 Å². The molecule has 3 heteroatoms. The lowest BCUT2D eigenvalue weighted by atomic mass is 10.2. The molecule has 78 valence electrons. The maximum Gasteiger partial charge on any atom is 0.130 e. The van der Waals surface area contributed by atoms with E-state index in [0.29, 0.717) is 5.56 Å². The van der Waals surface area contributed by atoms with Gasteiger partial charge in [-0.3, -0.25) is 0 Å². The van der Waals surface area contributed by atoms with Gasteiger partial charge in [0.25, 0.3) is 0 Å². The number of nitrogens with zero attached hydrogens (tertiary/aromatic N) is 3. The first-order chi connectivity index (χ1) is 7.21. The van der Waals surface area contributed by atoms with Crippen molar-refractivity contribution in [1.82, 2.24) is 4.98 Å². The van der Waals surface area contributed by atoms with Crippen LogP contribution in [-0.2, 0) is 0 Å². The molecule has 15 heavy (non-hydrogen) atoms. The van der Waals surface area contributed by atoms with E-state index in [2.05, 4.69) is 29.5 Å². The van der Waals surface area contributed by atoms with E-state index in [9.17, 15) is 0 Å². The third-order valence-electron chi connectivity index (χ3n) is 2.12. The molecule has 0 aliphatic carbocycles. The molecule has 1 aromatic heterocycles. The summed E-state index contributed by atoms with van der Waals surface area (Å²) in [7, 11) is 0. The highest BCUT2D eigenvalue weighted by Gasteiger charge is 2.05. The van der Waals surface area contributed by atoms with Crippen LogP contribution in [0.3, 0.4) is 0 Å². The minimum Gasteiger partial charge on any atom is -0.353 e. The molecule has 0 unspecified atom stereocenters. The predicted octanol–water partition coefficient (Wildman–Crippen LogP) is 2.27. The van der Waals surface area contributed by atoms with Gasteiger partial charge in [-0.05, 0) is 26.0 Å². The summed E-state index contributed by atoms with van der Waals surface area (Å²) < 4.78 is 0. The molecule has 1 rings (SSSR count). The number of pyridine rings is 1. The van der Waals surface area contributed by atoms with Crippen molar-refractivity contribution < 1.29 is 0 Å². The van der Waals surface area contributed by atoms with E-state index in [1.165, 1.54) is 0 Å². The molecule has 0 aromatic carbocycles. The topological polar surface area (TPSA) is 39.9 Å². The zero-order valence-electron chi connectivity index (χ0n) is 9.20. The van der Waals surface area contributed by atoms with Gasteiger partial charge in [0.15, 0.2) is 0 Å². The highest BCUT2D eigenvalue weighted by Crippen LogP contribution is 2.14. The summed E-state index contributed by atoms with van der Waals surface area (Å²) in [6.07, 6.45) is 1.83. The second-order valence-electron chi connectivity index (χ2n) is 3.29. The van der Waals surface area contributed by atoms with E-state index < -0.39 is 0 Å². The van der Waals surface area contributed by atoms with Crippen LogP contribution in [-0.4, -0.2) is 18.1 Å². The Morgan fingerprint density at radius 1 is 1.60 bits per heavy atom. The SMILES string of the molecule is C=CCN(CC)c1cc(C#N)cc(C)n1. The molecular formula is C12H15N3. The van der Waals surface area contributed by atoms with Gasteiger partial charge in [-0.1, -0.05) is 6.08 Å². The lowest BCUT2D eigenvalue weighted by Crippen LogP contribution is -2.23. The highest BCUT2D eigenvalue weighted by molar-refractivity contribution is 5.46. The van der Waals surface area contributed by atoms with Crippen molar-refractivity contribution in [3.05, 3.63) is 36.0 Å². The maximum absolute atomic E-state index is 8.85. The molecule has 0 aliphatic heterocycles. The standard InChI is InChI=1S/C12H15N3/c1-4-6-15(5-2)12-8-11(9-13)7-10(3)14-12/h4,7-8H,1,5-6H2,2-3H3. The minimum absolute atomic E-state index is 0.653. The summed E-state index contributed by atoms with van der Waals surface area (Å²) in [4.78, 5) is 6.47. The van der Waals surface area contributed by atoms with Crippen LogP contribution < -0.4 is 4.90 Å². The van der Waals surface area contributed by atoms with Crippen molar-refractivity contribution in [3.63, 3.8) is 0 Å². The van der Waals surface area contributed by atoms with Crippen LogP contribution in [0.5, 0.6) is 0 Å².